The van der Waals surface area contributed by atoms with Crippen molar-refractivity contribution in [2.75, 3.05) is 12.3 Å². The van der Waals surface area contributed by atoms with Gasteiger partial charge in [-0.2, -0.15) is 5.10 Å². The van der Waals surface area contributed by atoms with E-state index in [4.69, 9.17) is 0 Å². The first kappa shape index (κ1) is 17.2. The van der Waals surface area contributed by atoms with Crippen molar-refractivity contribution in [3.8, 4) is 11.4 Å². The van der Waals surface area contributed by atoms with Crippen molar-refractivity contribution >= 4 is 17.7 Å². The molecule has 1 aromatic carbocycles. The minimum Gasteiger partial charge on any atom is -0.354 e. The number of thioether (sulfide) groups is 1. The molecule has 0 fully saturated rings. The summed E-state index contributed by atoms with van der Waals surface area (Å²) >= 11 is 1.61. The first-order valence-corrected chi connectivity index (χ1v) is 9.15. The molecule has 0 unspecified atom stereocenters. The van der Waals surface area contributed by atoms with E-state index in [9.17, 15) is 4.79 Å². The summed E-state index contributed by atoms with van der Waals surface area (Å²) in [6.07, 6.45) is 6.83. The Morgan fingerprint density at radius 2 is 2.00 bits per heavy atom. The SMILES string of the molecule is O=C(CSCc1ccccc1)NCCn1ccc(-c2cnccn2)n1. The number of hydrogen-bond donors (Lipinski definition) is 1. The van der Waals surface area contributed by atoms with E-state index >= 15 is 0 Å². The molecular formula is C18H19N5OS. The Labute approximate surface area is 150 Å². The van der Waals surface area contributed by atoms with E-state index in [1.807, 2.05) is 30.5 Å². The van der Waals surface area contributed by atoms with Gasteiger partial charge in [-0.3, -0.25) is 19.4 Å². The summed E-state index contributed by atoms with van der Waals surface area (Å²) in [5, 5.41) is 7.35. The van der Waals surface area contributed by atoms with Gasteiger partial charge in [0.25, 0.3) is 0 Å². The monoisotopic (exact) mass is 353 g/mol. The van der Waals surface area contributed by atoms with E-state index in [1.165, 1.54) is 5.56 Å². The fourth-order valence-corrected chi connectivity index (χ4v) is 3.07. The Balaban J connectivity index is 1.36. The number of nitrogens with one attached hydrogen (secondary N) is 1. The van der Waals surface area contributed by atoms with Crippen LogP contribution in [0.2, 0.25) is 0 Å². The van der Waals surface area contributed by atoms with E-state index < -0.39 is 0 Å². The Morgan fingerprint density at radius 3 is 2.80 bits per heavy atom. The quantitative estimate of drug-likeness (QED) is 0.673. The number of amides is 1. The minimum atomic E-state index is 0.0437. The second kappa shape index (κ2) is 8.98. The number of benzene rings is 1. The summed E-state index contributed by atoms with van der Waals surface area (Å²) in [5.41, 5.74) is 2.74. The highest BCUT2D eigenvalue weighted by Crippen LogP contribution is 2.12. The Morgan fingerprint density at radius 1 is 1.12 bits per heavy atom. The molecule has 0 radical (unpaired) electrons. The molecule has 0 spiro atoms. The van der Waals surface area contributed by atoms with Gasteiger partial charge in [-0.1, -0.05) is 30.3 Å². The van der Waals surface area contributed by atoms with Crippen LogP contribution in [0.3, 0.4) is 0 Å². The zero-order valence-electron chi connectivity index (χ0n) is 13.7. The van der Waals surface area contributed by atoms with E-state index in [1.54, 1.807) is 35.0 Å². The van der Waals surface area contributed by atoms with Crippen molar-refractivity contribution in [2.24, 2.45) is 0 Å². The maximum Gasteiger partial charge on any atom is 0.230 e. The average molecular weight is 353 g/mol. The summed E-state index contributed by atoms with van der Waals surface area (Å²) in [6.45, 7) is 1.17. The lowest BCUT2D eigenvalue weighted by atomic mass is 10.2. The van der Waals surface area contributed by atoms with Crippen LogP contribution in [-0.2, 0) is 17.1 Å². The highest BCUT2D eigenvalue weighted by molar-refractivity contribution is 7.99. The van der Waals surface area contributed by atoms with Crippen molar-refractivity contribution in [3.05, 3.63) is 66.7 Å². The predicted molar refractivity (Wildman–Crippen MR) is 98.9 cm³/mol. The highest BCUT2D eigenvalue weighted by atomic mass is 32.2. The molecule has 0 aliphatic carbocycles. The van der Waals surface area contributed by atoms with Crippen LogP contribution >= 0.6 is 11.8 Å². The number of aromatic nitrogens is 4. The molecule has 1 N–H and O–H groups in total. The lowest BCUT2D eigenvalue weighted by Crippen LogP contribution is -2.28. The van der Waals surface area contributed by atoms with Gasteiger partial charge >= 0.3 is 0 Å². The number of hydrogen-bond acceptors (Lipinski definition) is 5. The number of rotatable bonds is 8. The van der Waals surface area contributed by atoms with Crippen molar-refractivity contribution in [2.45, 2.75) is 12.3 Å². The van der Waals surface area contributed by atoms with E-state index in [2.05, 4.69) is 32.5 Å². The lowest BCUT2D eigenvalue weighted by Gasteiger charge is -2.05. The van der Waals surface area contributed by atoms with Gasteiger partial charge in [-0.05, 0) is 11.6 Å². The molecule has 2 aromatic heterocycles. The smallest absolute Gasteiger partial charge is 0.230 e. The molecular weight excluding hydrogens is 334 g/mol. The van der Waals surface area contributed by atoms with Crippen LogP contribution in [0.1, 0.15) is 5.56 Å². The predicted octanol–water partition coefficient (Wildman–Crippen LogP) is 2.39. The second-order valence-corrected chi connectivity index (χ2v) is 6.37. The fraction of sp³-hybridized carbons (Fsp3) is 0.222. The van der Waals surface area contributed by atoms with Gasteiger partial charge in [0.1, 0.15) is 11.4 Å². The van der Waals surface area contributed by atoms with Crippen molar-refractivity contribution in [3.63, 3.8) is 0 Å². The zero-order chi connectivity index (χ0) is 17.3. The Hall–Kier alpha value is -2.67. The summed E-state index contributed by atoms with van der Waals surface area (Å²) < 4.78 is 1.79. The van der Waals surface area contributed by atoms with Crippen LogP contribution in [0.15, 0.2) is 61.2 Å². The van der Waals surface area contributed by atoms with Crippen molar-refractivity contribution in [1.29, 1.82) is 0 Å². The topological polar surface area (TPSA) is 72.7 Å². The molecule has 0 saturated heterocycles. The lowest BCUT2D eigenvalue weighted by molar-refractivity contribution is -0.118. The number of carbonyl (C=O) groups excluding carboxylic acids is 1. The third kappa shape index (κ3) is 5.42. The van der Waals surface area contributed by atoms with Gasteiger partial charge in [0.05, 0.1) is 18.5 Å². The van der Waals surface area contributed by atoms with Crippen LogP contribution in [0.5, 0.6) is 0 Å². The summed E-state index contributed by atoms with van der Waals surface area (Å²) in [6, 6.07) is 12.0. The summed E-state index contributed by atoms with van der Waals surface area (Å²) in [4.78, 5) is 20.1. The van der Waals surface area contributed by atoms with Gasteiger partial charge in [-0.15, -0.1) is 11.8 Å². The Bertz CT molecular complexity index is 791. The van der Waals surface area contributed by atoms with Crippen LogP contribution in [0.4, 0.5) is 0 Å². The molecule has 128 valence electrons. The van der Waals surface area contributed by atoms with Gasteiger partial charge < -0.3 is 5.32 Å². The molecule has 0 bridgehead atoms. The standard InChI is InChI=1S/C18H19N5OS/c24-18(14-25-13-15-4-2-1-3-5-15)21-9-11-23-10-6-16(22-23)17-12-19-7-8-20-17/h1-8,10,12H,9,11,13-14H2,(H,21,24). The molecule has 0 aliphatic heterocycles. The largest absolute Gasteiger partial charge is 0.354 e. The molecule has 0 aliphatic rings. The van der Waals surface area contributed by atoms with E-state index in [-0.39, 0.29) is 5.91 Å². The zero-order valence-corrected chi connectivity index (χ0v) is 14.5. The first-order chi connectivity index (χ1) is 12.3. The normalized spacial score (nSPS) is 10.6. The van der Waals surface area contributed by atoms with E-state index in [0.717, 1.165) is 17.1 Å². The molecule has 3 rings (SSSR count). The second-order valence-electron chi connectivity index (χ2n) is 5.38. The molecule has 1 amide bonds. The van der Waals surface area contributed by atoms with Gasteiger partial charge in [-0.25, -0.2) is 0 Å². The third-order valence-corrected chi connectivity index (χ3v) is 4.48. The van der Waals surface area contributed by atoms with Crippen LogP contribution in [0, 0.1) is 0 Å². The molecule has 2 heterocycles. The van der Waals surface area contributed by atoms with Gasteiger partial charge in [0.2, 0.25) is 5.91 Å². The minimum absolute atomic E-state index is 0.0437. The highest BCUT2D eigenvalue weighted by Gasteiger charge is 2.05. The third-order valence-electron chi connectivity index (χ3n) is 3.47. The van der Waals surface area contributed by atoms with E-state index in [0.29, 0.717) is 18.8 Å². The first-order valence-electron chi connectivity index (χ1n) is 7.99. The molecule has 0 saturated carbocycles. The number of carbonyl (C=O) groups is 1. The van der Waals surface area contributed by atoms with Gasteiger partial charge in [0, 0.05) is 30.9 Å². The average Bonchev–Trinajstić information content (AvgIpc) is 3.12. The maximum absolute atomic E-state index is 11.9. The molecule has 0 atom stereocenters. The Kier molecular flexibility index (Phi) is 6.17. The van der Waals surface area contributed by atoms with Crippen molar-refractivity contribution in [1.82, 2.24) is 25.1 Å². The fourth-order valence-electron chi connectivity index (χ4n) is 2.25. The molecule has 25 heavy (non-hydrogen) atoms. The molecule has 3 aromatic rings. The van der Waals surface area contributed by atoms with Crippen LogP contribution in [0.25, 0.3) is 11.4 Å². The molecule has 7 heteroatoms. The van der Waals surface area contributed by atoms with Crippen LogP contribution < -0.4 is 5.32 Å². The summed E-state index contributed by atoms with van der Waals surface area (Å²) in [7, 11) is 0. The van der Waals surface area contributed by atoms with Crippen LogP contribution in [-0.4, -0.2) is 38.0 Å². The summed E-state index contributed by atoms with van der Waals surface area (Å²) in [5.74, 6) is 1.34. The molecule has 6 nitrogen and oxygen atoms in total. The number of nitrogens with zero attached hydrogens (tertiary/aromatic N) is 4. The van der Waals surface area contributed by atoms with Crippen molar-refractivity contribution < 1.29 is 4.79 Å². The maximum atomic E-state index is 11.9. The van der Waals surface area contributed by atoms with Gasteiger partial charge in [0.15, 0.2) is 0 Å².